The van der Waals surface area contributed by atoms with E-state index in [-0.39, 0.29) is 11.3 Å². The van der Waals surface area contributed by atoms with Gasteiger partial charge in [-0.15, -0.1) is 0 Å². The van der Waals surface area contributed by atoms with Crippen molar-refractivity contribution in [1.29, 1.82) is 0 Å². The van der Waals surface area contributed by atoms with Crippen molar-refractivity contribution in [3.8, 4) is 0 Å². The molecule has 14 heavy (non-hydrogen) atoms. The highest BCUT2D eigenvalue weighted by molar-refractivity contribution is 5.73. The van der Waals surface area contributed by atoms with Gasteiger partial charge in [0.15, 0.2) is 6.29 Å². The van der Waals surface area contributed by atoms with E-state index in [4.69, 9.17) is 5.73 Å². The second-order valence-electron chi connectivity index (χ2n) is 2.65. The van der Waals surface area contributed by atoms with Gasteiger partial charge in [-0.25, -0.2) is 0 Å². The van der Waals surface area contributed by atoms with Gasteiger partial charge in [0.25, 0.3) is 0 Å². The molecule has 3 nitrogen and oxygen atoms in total. The number of nitrogens with zero attached hydrogens (tertiary/aromatic N) is 1. The van der Waals surface area contributed by atoms with Gasteiger partial charge in [-0.3, -0.25) is 9.78 Å². The summed E-state index contributed by atoms with van der Waals surface area (Å²) in [6.07, 6.45) is -2.97. The highest BCUT2D eigenvalue weighted by atomic mass is 19.4. The molecule has 1 aromatic rings. The minimum Gasteiger partial charge on any atom is -0.315 e. The summed E-state index contributed by atoms with van der Waals surface area (Å²) in [4.78, 5) is 13.6. The first-order valence-electron chi connectivity index (χ1n) is 3.68. The largest absolute Gasteiger partial charge is 0.409 e. The lowest BCUT2D eigenvalue weighted by Gasteiger charge is -2.14. The zero-order chi connectivity index (χ0) is 10.8. The summed E-state index contributed by atoms with van der Waals surface area (Å²) in [6, 6.07) is 0.214. The Hall–Kier alpha value is -1.43. The van der Waals surface area contributed by atoms with E-state index < -0.39 is 12.2 Å². The number of aromatic nitrogens is 1. The van der Waals surface area contributed by atoms with E-state index in [0.29, 0.717) is 6.29 Å². The smallest absolute Gasteiger partial charge is 0.315 e. The Bertz CT molecular complexity index is 320. The number of carbonyl (C=O) groups excluding carboxylic acids is 1. The molecule has 1 aromatic heterocycles. The molecule has 0 aliphatic carbocycles. The second-order valence-corrected chi connectivity index (χ2v) is 2.65. The van der Waals surface area contributed by atoms with Gasteiger partial charge in [-0.2, -0.15) is 13.2 Å². The lowest BCUT2D eigenvalue weighted by atomic mass is 10.2. The molecular weight excluding hydrogens is 197 g/mol. The van der Waals surface area contributed by atoms with Crippen molar-refractivity contribution in [1.82, 2.24) is 4.98 Å². The fourth-order valence-corrected chi connectivity index (χ4v) is 0.838. The van der Waals surface area contributed by atoms with Crippen LogP contribution in [0.3, 0.4) is 0 Å². The summed E-state index contributed by atoms with van der Waals surface area (Å²) in [5.41, 5.74) is 4.80. The van der Waals surface area contributed by atoms with Crippen LogP contribution < -0.4 is 5.73 Å². The molecule has 1 heterocycles. The van der Waals surface area contributed by atoms with Gasteiger partial charge in [0.05, 0.1) is 5.69 Å². The van der Waals surface area contributed by atoms with Gasteiger partial charge >= 0.3 is 6.18 Å². The maximum atomic E-state index is 12.1. The van der Waals surface area contributed by atoms with Gasteiger partial charge < -0.3 is 5.73 Å². The van der Waals surface area contributed by atoms with Gasteiger partial charge in [0, 0.05) is 11.8 Å². The van der Waals surface area contributed by atoms with Crippen molar-refractivity contribution in [3.63, 3.8) is 0 Å². The van der Waals surface area contributed by atoms with Crippen molar-refractivity contribution < 1.29 is 18.0 Å². The van der Waals surface area contributed by atoms with E-state index in [1.54, 1.807) is 0 Å². The van der Waals surface area contributed by atoms with Crippen LogP contribution in [0.2, 0.25) is 0 Å². The third kappa shape index (κ3) is 2.29. The zero-order valence-corrected chi connectivity index (χ0v) is 6.95. The van der Waals surface area contributed by atoms with E-state index >= 15 is 0 Å². The van der Waals surface area contributed by atoms with Crippen LogP contribution in [-0.2, 0) is 0 Å². The van der Waals surface area contributed by atoms with Crippen molar-refractivity contribution in [2.24, 2.45) is 5.73 Å². The first-order chi connectivity index (χ1) is 6.45. The Kier molecular flexibility index (Phi) is 2.85. The predicted octanol–water partition coefficient (Wildman–Crippen LogP) is 1.46. The number of aldehydes is 1. The van der Waals surface area contributed by atoms with Crippen molar-refractivity contribution in [3.05, 3.63) is 29.6 Å². The van der Waals surface area contributed by atoms with Crippen molar-refractivity contribution >= 4 is 6.29 Å². The summed E-state index contributed by atoms with van der Waals surface area (Å²) in [7, 11) is 0. The fraction of sp³-hybridized carbons (Fsp3) is 0.250. The first-order valence-corrected chi connectivity index (χ1v) is 3.68. The van der Waals surface area contributed by atoms with Crippen LogP contribution in [0, 0.1) is 0 Å². The van der Waals surface area contributed by atoms with Gasteiger partial charge in [0.2, 0.25) is 0 Å². The lowest BCUT2D eigenvalue weighted by molar-refractivity contribution is -0.150. The molecule has 1 atom stereocenters. The molecule has 0 saturated heterocycles. The number of nitrogens with two attached hydrogens (primary N) is 1. The molecule has 0 aliphatic heterocycles. The summed E-state index contributed by atoms with van der Waals surface area (Å²) in [6.45, 7) is 0. The normalized spacial score (nSPS) is 13.7. The van der Waals surface area contributed by atoms with Crippen LogP contribution in [0.4, 0.5) is 13.2 Å². The highest BCUT2D eigenvalue weighted by Crippen LogP contribution is 2.28. The van der Waals surface area contributed by atoms with Crippen LogP contribution in [0.1, 0.15) is 22.1 Å². The molecule has 0 fully saturated rings. The molecule has 1 unspecified atom stereocenters. The number of carbonyl (C=O) groups is 1. The van der Waals surface area contributed by atoms with E-state index in [1.165, 1.54) is 6.07 Å². The minimum atomic E-state index is -4.52. The monoisotopic (exact) mass is 204 g/mol. The Balaban J connectivity index is 2.92. The van der Waals surface area contributed by atoms with Crippen LogP contribution in [0.25, 0.3) is 0 Å². The van der Waals surface area contributed by atoms with Crippen LogP contribution >= 0.6 is 0 Å². The average Bonchev–Trinajstić information content (AvgIpc) is 2.15. The quantitative estimate of drug-likeness (QED) is 0.742. The van der Waals surface area contributed by atoms with Crippen LogP contribution in [0.15, 0.2) is 18.3 Å². The average molecular weight is 204 g/mol. The topological polar surface area (TPSA) is 56.0 Å². The lowest BCUT2D eigenvalue weighted by Crippen LogP contribution is -2.29. The van der Waals surface area contributed by atoms with E-state index in [0.717, 1.165) is 12.3 Å². The predicted molar refractivity (Wildman–Crippen MR) is 42.6 cm³/mol. The highest BCUT2D eigenvalue weighted by Gasteiger charge is 2.38. The second kappa shape index (κ2) is 3.75. The molecule has 0 saturated carbocycles. The SMILES string of the molecule is NC(c1ccc(C=O)cn1)C(F)(F)F. The molecule has 76 valence electrons. The summed E-state index contributed by atoms with van der Waals surface area (Å²) in [5.74, 6) is 0. The summed E-state index contributed by atoms with van der Waals surface area (Å²) >= 11 is 0. The Morgan fingerprint density at radius 2 is 2.07 bits per heavy atom. The maximum Gasteiger partial charge on any atom is 0.409 e. The standard InChI is InChI=1S/C8H7F3N2O/c9-8(10,11)7(12)6-2-1-5(4-14)3-13-6/h1-4,7H,12H2. The molecule has 0 aliphatic rings. The fourth-order valence-electron chi connectivity index (χ4n) is 0.838. The number of halogens is 3. The molecular formula is C8H7F3N2O. The Labute approximate surface area is 77.7 Å². The number of alkyl halides is 3. The van der Waals surface area contributed by atoms with Gasteiger partial charge in [0.1, 0.15) is 6.04 Å². The van der Waals surface area contributed by atoms with Crippen LogP contribution in [-0.4, -0.2) is 17.4 Å². The van der Waals surface area contributed by atoms with Crippen molar-refractivity contribution in [2.75, 3.05) is 0 Å². The Morgan fingerprint density at radius 3 is 2.43 bits per heavy atom. The maximum absolute atomic E-state index is 12.1. The van der Waals surface area contributed by atoms with Crippen LogP contribution in [0.5, 0.6) is 0 Å². The molecule has 0 bridgehead atoms. The Morgan fingerprint density at radius 1 is 1.43 bits per heavy atom. The summed E-state index contributed by atoms with van der Waals surface area (Å²) in [5, 5.41) is 0. The number of hydrogen-bond donors (Lipinski definition) is 1. The first kappa shape index (κ1) is 10.6. The number of hydrogen-bond acceptors (Lipinski definition) is 3. The molecule has 0 radical (unpaired) electrons. The third-order valence-electron chi connectivity index (χ3n) is 1.62. The molecule has 6 heteroatoms. The third-order valence-corrected chi connectivity index (χ3v) is 1.62. The molecule has 0 spiro atoms. The van der Waals surface area contributed by atoms with Gasteiger partial charge in [-0.05, 0) is 12.1 Å². The van der Waals surface area contributed by atoms with E-state index in [1.807, 2.05) is 0 Å². The summed E-state index contributed by atoms with van der Waals surface area (Å²) < 4.78 is 36.2. The minimum absolute atomic E-state index is 0.211. The van der Waals surface area contributed by atoms with E-state index in [2.05, 4.69) is 4.98 Å². The molecule has 2 N–H and O–H groups in total. The molecule has 1 rings (SSSR count). The molecule has 0 amide bonds. The van der Waals surface area contributed by atoms with Crippen molar-refractivity contribution in [2.45, 2.75) is 12.2 Å². The zero-order valence-electron chi connectivity index (χ0n) is 6.95. The number of rotatable bonds is 2. The molecule has 0 aromatic carbocycles. The van der Waals surface area contributed by atoms with E-state index in [9.17, 15) is 18.0 Å². The number of pyridine rings is 1. The van der Waals surface area contributed by atoms with Gasteiger partial charge in [-0.1, -0.05) is 0 Å².